The Morgan fingerprint density at radius 2 is 2.21 bits per heavy atom. The van der Waals surface area contributed by atoms with E-state index in [-0.39, 0.29) is 0 Å². The van der Waals surface area contributed by atoms with Crippen molar-refractivity contribution in [2.45, 2.75) is 51.1 Å². The standard InChI is InChI=1S/C16H28N2S/c1-13(11-15-8-6-10-19-15)18(3)12-14-7-4-5-9-16(14)17-2/h6,8,10,13-14,16-17H,4-5,7,9,11-12H2,1-3H3. The van der Waals surface area contributed by atoms with Crippen LogP contribution in [0, 0.1) is 5.92 Å². The fourth-order valence-corrected chi connectivity index (χ4v) is 4.06. The number of thiophene rings is 1. The van der Waals surface area contributed by atoms with Crippen molar-refractivity contribution >= 4 is 11.3 Å². The third-order valence-corrected chi connectivity index (χ3v) is 5.53. The van der Waals surface area contributed by atoms with Gasteiger partial charge >= 0.3 is 0 Å². The second-order valence-electron chi connectivity index (χ2n) is 6.01. The van der Waals surface area contributed by atoms with E-state index < -0.39 is 0 Å². The summed E-state index contributed by atoms with van der Waals surface area (Å²) in [7, 11) is 4.41. The van der Waals surface area contributed by atoms with Gasteiger partial charge in [-0.2, -0.15) is 0 Å². The summed E-state index contributed by atoms with van der Waals surface area (Å²) < 4.78 is 0. The Labute approximate surface area is 122 Å². The highest BCUT2D eigenvalue weighted by atomic mass is 32.1. The lowest BCUT2D eigenvalue weighted by atomic mass is 9.84. The highest BCUT2D eigenvalue weighted by molar-refractivity contribution is 7.09. The maximum Gasteiger partial charge on any atom is 0.0112 e. The molecule has 1 aliphatic carbocycles. The Hall–Kier alpha value is -0.380. The fourth-order valence-electron chi connectivity index (χ4n) is 3.23. The minimum absolute atomic E-state index is 0.637. The monoisotopic (exact) mass is 280 g/mol. The van der Waals surface area contributed by atoms with E-state index in [2.05, 4.69) is 48.7 Å². The van der Waals surface area contributed by atoms with Crippen molar-refractivity contribution in [3.63, 3.8) is 0 Å². The lowest BCUT2D eigenvalue weighted by molar-refractivity contribution is 0.164. The van der Waals surface area contributed by atoms with Gasteiger partial charge in [0.1, 0.15) is 0 Å². The Balaban J connectivity index is 1.83. The molecule has 0 spiro atoms. The first-order valence-electron chi connectivity index (χ1n) is 7.60. The zero-order valence-corrected chi connectivity index (χ0v) is 13.4. The van der Waals surface area contributed by atoms with Gasteiger partial charge in [-0.05, 0) is 57.6 Å². The van der Waals surface area contributed by atoms with Crippen LogP contribution >= 0.6 is 11.3 Å². The number of nitrogens with zero attached hydrogens (tertiary/aromatic N) is 1. The van der Waals surface area contributed by atoms with E-state index in [1.165, 1.54) is 43.5 Å². The molecule has 1 saturated carbocycles. The maximum atomic E-state index is 3.52. The molecule has 0 radical (unpaired) electrons. The molecule has 1 N–H and O–H groups in total. The largest absolute Gasteiger partial charge is 0.317 e. The van der Waals surface area contributed by atoms with Gasteiger partial charge in [0.25, 0.3) is 0 Å². The maximum absolute atomic E-state index is 3.52. The summed E-state index contributed by atoms with van der Waals surface area (Å²) >= 11 is 1.88. The quantitative estimate of drug-likeness (QED) is 0.859. The number of nitrogens with one attached hydrogen (secondary N) is 1. The first kappa shape index (κ1) is 15.0. The first-order chi connectivity index (χ1) is 9.20. The van der Waals surface area contributed by atoms with E-state index in [1.54, 1.807) is 0 Å². The van der Waals surface area contributed by atoms with Crippen molar-refractivity contribution in [1.82, 2.24) is 10.2 Å². The molecule has 1 fully saturated rings. The summed E-state index contributed by atoms with van der Waals surface area (Å²) in [4.78, 5) is 4.06. The van der Waals surface area contributed by atoms with Gasteiger partial charge in [0.15, 0.2) is 0 Å². The molecule has 0 amide bonds. The Bertz CT molecular complexity index is 350. The smallest absolute Gasteiger partial charge is 0.0112 e. The molecule has 0 saturated heterocycles. The van der Waals surface area contributed by atoms with E-state index >= 15 is 0 Å². The number of likely N-dealkylation sites (N-methyl/N-ethyl adjacent to an activating group) is 1. The van der Waals surface area contributed by atoms with Gasteiger partial charge in [0, 0.05) is 23.5 Å². The van der Waals surface area contributed by atoms with E-state index in [4.69, 9.17) is 0 Å². The van der Waals surface area contributed by atoms with Crippen LogP contribution in [0.4, 0.5) is 0 Å². The van der Waals surface area contributed by atoms with Gasteiger partial charge in [-0.3, -0.25) is 0 Å². The fraction of sp³-hybridized carbons (Fsp3) is 0.750. The Morgan fingerprint density at radius 1 is 1.42 bits per heavy atom. The number of rotatable bonds is 6. The second kappa shape index (κ2) is 7.41. The van der Waals surface area contributed by atoms with Crippen molar-refractivity contribution in [2.75, 3.05) is 20.6 Å². The summed E-state index contributed by atoms with van der Waals surface area (Å²) in [6, 6.07) is 5.78. The summed E-state index contributed by atoms with van der Waals surface area (Å²) in [6.07, 6.45) is 6.74. The van der Waals surface area contributed by atoms with Gasteiger partial charge in [-0.25, -0.2) is 0 Å². The lowest BCUT2D eigenvalue weighted by Crippen LogP contribution is -2.44. The van der Waals surface area contributed by atoms with Gasteiger partial charge in [0.05, 0.1) is 0 Å². The van der Waals surface area contributed by atoms with E-state index in [1.807, 2.05) is 11.3 Å². The minimum Gasteiger partial charge on any atom is -0.317 e. The van der Waals surface area contributed by atoms with Crippen LogP contribution in [-0.2, 0) is 6.42 Å². The van der Waals surface area contributed by atoms with Gasteiger partial charge in [-0.15, -0.1) is 11.3 Å². The zero-order chi connectivity index (χ0) is 13.7. The molecule has 108 valence electrons. The molecule has 2 nitrogen and oxygen atoms in total. The molecule has 0 aliphatic heterocycles. The summed E-state index contributed by atoms with van der Waals surface area (Å²) in [5.41, 5.74) is 0. The van der Waals surface area contributed by atoms with Crippen LogP contribution in [0.1, 0.15) is 37.5 Å². The van der Waals surface area contributed by atoms with Gasteiger partial charge < -0.3 is 10.2 Å². The third kappa shape index (κ3) is 4.30. The SMILES string of the molecule is CNC1CCCCC1CN(C)C(C)Cc1cccs1. The van der Waals surface area contributed by atoms with Crippen LogP contribution in [0.3, 0.4) is 0 Å². The highest BCUT2D eigenvalue weighted by Crippen LogP contribution is 2.25. The normalized spacial score (nSPS) is 25.7. The Morgan fingerprint density at radius 3 is 2.89 bits per heavy atom. The van der Waals surface area contributed by atoms with Crippen molar-refractivity contribution < 1.29 is 0 Å². The van der Waals surface area contributed by atoms with Crippen molar-refractivity contribution in [1.29, 1.82) is 0 Å². The topological polar surface area (TPSA) is 15.3 Å². The van der Waals surface area contributed by atoms with E-state index in [0.717, 1.165) is 12.0 Å². The predicted molar refractivity (Wildman–Crippen MR) is 84.9 cm³/mol. The summed E-state index contributed by atoms with van der Waals surface area (Å²) in [6.45, 7) is 3.59. The van der Waals surface area contributed by atoms with E-state index in [0.29, 0.717) is 6.04 Å². The van der Waals surface area contributed by atoms with Crippen LogP contribution in [0.25, 0.3) is 0 Å². The van der Waals surface area contributed by atoms with Crippen LogP contribution in [-0.4, -0.2) is 37.6 Å². The number of hydrogen-bond acceptors (Lipinski definition) is 3. The molecule has 3 heteroatoms. The van der Waals surface area contributed by atoms with Crippen LogP contribution in [0.15, 0.2) is 17.5 Å². The average Bonchev–Trinajstić information content (AvgIpc) is 2.92. The minimum atomic E-state index is 0.637. The first-order valence-corrected chi connectivity index (χ1v) is 8.48. The number of hydrogen-bond donors (Lipinski definition) is 1. The molecule has 1 aliphatic rings. The molecule has 1 aromatic rings. The van der Waals surface area contributed by atoms with E-state index in [9.17, 15) is 0 Å². The molecular weight excluding hydrogens is 252 g/mol. The molecule has 3 unspecified atom stereocenters. The highest BCUT2D eigenvalue weighted by Gasteiger charge is 2.25. The summed E-state index contributed by atoms with van der Waals surface area (Å²) in [5.74, 6) is 0.828. The molecule has 3 atom stereocenters. The molecule has 1 heterocycles. The lowest BCUT2D eigenvalue weighted by Gasteiger charge is -2.36. The molecule has 19 heavy (non-hydrogen) atoms. The third-order valence-electron chi connectivity index (χ3n) is 4.63. The van der Waals surface area contributed by atoms with Crippen LogP contribution in [0.5, 0.6) is 0 Å². The summed E-state index contributed by atoms with van der Waals surface area (Å²) in [5, 5.41) is 5.70. The van der Waals surface area contributed by atoms with Crippen molar-refractivity contribution in [3.8, 4) is 0 Å². The predicted octanol–water partition coefficient (Wildman–Crippen LogP) is 3.39. The molecule has 0 bridgehead atoms. The van der Waals surface area contributed by atoms with Crippen molar-refractivity contribution in [2.24, 2.45) is 5.92 Å². The van der Waals surface area contributed by atoms with Crippen LogP contribution < -0.4 is 5.32 Å². The molecule has 1 aromatic heterocycles. The van der Waals surface area contributed by atoms with Crippen LogP contribution in [0.2, 0.25) is 0 Å². The molecular formula is C16H28N2S. The average molecular weight is 280 g/mol. The second-order valence-corrected chi connectivity index (χ2v) is 7.04. The van der Waals surface area contributed by atoms with Gasteiger partial charge in [-0.1, -0.05) is 18.9 Å². The molecule has 0 aromatic carbocycles. The Kier molecular flexibility index (Phi) is 5.86. The van der Waals surface area contributed by atoms with Crippen molar-refractivity contribution in [3.05, 3.63) is 22.4 Å². The molecule has 2 rings (SSSR count). The zero-order valence-electron chi connectivity index (χ0n) is 12.6. The van der Waals surface area contributed by atoms with Gasteiger partial charge in [0.2, 0.25) is 0 Å².